The first-order valence-corrected chi connectivity index (χ1v) is 5.74. The van der Waals surface area contributed by atoms with Crippen LogP contribution in [-0.4, -0.2) is 10.8 Å². The standard InChI is InChI=1S/C13H10BrNO/c14-13-11(7-4-8-15-13)9-12(16)10-5-2-1-3-6-10/h1-8H,9H2. The van der Waals surface area contributed by atoms with Crippen LogP contribution < -0.4 is 0 Å². The Labute approximate surface area is 102 Å². The molecule has 3 heteroatoms. The molecule has 0 spiro atoms. The summed E-state index contributed by atoms with van der Waals surface area (Å²) >= 11 is 3.33. The first-order valence-electron chi connectivity index (χ1n) is 4.95. The second-order valence-corrected chi connectivity index (χ2v) is 4.17. The first kappa shape index (κ1) is 11.0. The van der Waals surface area contributed by atoms with Crippen LogP contribution in [0.3, 0.4) is 0 Å². The number of halogens is 1. The van der Waals surface area contributed by atoms with E-state index in [9.17, 15) is 4.79 Å². The van der Waals surface area contributed by atoms with Gasteiger partial charge in [0.05, 0.1) is 0 Å². The van der Waals surface area contributed by atoms with Crippen LogP contribution in [0.5, 0.6) is 0 Å². The van der Waals surface area contributed by atoms with Gasteiger partial charge in [0.2, 0.25) is 0 Å². The molecule has 0 amide bonds. The van der Waals surface area contributed by atoms with E-state index in [1.807, 2.05) is 42.5 Å². The van der Waals surface area contributed by atoms with Gasteiger partial charge in [-0.05, 0) is 27.6 Å². The lowest BCUT2D eigenvalue weighted by atomic mass is 10.0. The number of pyridine rings is 1. The molecule has 0 atom stereocenters. The number of carbonyl (C=O) groups is 1. The van der Waals surface area contributed by atoms with Gasteiger partial charge in [-0.15, -0.1) is 0 Å². The van der Waals surface area contributed by atoms with Crippen molar-refractivity contribution in [1.29, 1.82) is 0 Å². The number of rotatable bonds is 3. The number of hydrogen-bond acceptors (Lipinski definition) is 2. The van der Waals surface area contributed by atoms with E-state index in [1.54, 1.807) is 6.20 Å². The maximum Gasteiger partial charge on any atom is 0.167 e. The molecule has 0 bridgehead atoms. The van der Waals surface area contributed by atoms with Crippen molar-refractivity contribution in [2.24, 2.45) is 0 Å². The first-order chi connectivity index (χ1) is 7.77. The lowest BCUT2D eigenvalue weighted by Crippen LogP contribution is -2.04. The minimum absolute atomic E-state index is 0.106. The molecule has 1 aromatic heterocycles. The summed E-state index contributed by atoms with van der Waals surface area (Å²) in [6.45, 7) is 0. The monoisotopic (exact) mass is 275 g/mol. The van der Waals surface area contributed by atoms with Gasteiger partial charge in [0.15, 0.2) is 5.78 Å². The predicted molar refractivity (Wildman–Crippen MR) is 66.4 cm³/mol. The summed E-state index contributed by atoms with van der Waals surface area (Å²) in [5.41, 5.74) is 1.65. The third-order valence-electron chi connectivity index (χ3n) is 2.28. The molecule has 2 rings (SSSR count). The van der Waals surface area contributed by atoms with E-state index in [0.717, 1.165) is 15.7 Å². The number of hydrogen-bond donors (Lipinski definition) is 0. The molecule has 0 aliphatic heterocycles. The molecule has 80 valence electrons. The molecule has 1 aromatic carbocycles. The van der Waals surface area contributed by atoms with E-state index in [2.05, 4.69) is 20.9 Å². The number of Topliss-reactive ketones (excluding diaryl/α,β-unsaturated/α-hetero) is 1. The largest absolute Gasteiger partial charge is 0.294 e. The predicted octanol–water partition coefficient (Wildman–Crippen LogP) is 3.27. The Bertz CT molecular complexity index is 496. The lowest BCUT2D eigenvalue weighted by Gasteiger charge is -2.02. The Morgan fingerprint density at radius 2 is 1.88 bits per heavy atom. The molecule has 0 saturated heterocycles. The van der Waals surface area contributed by atoms with Crippen LogP contribution in [0.2, 0.25) is 0 Å². The highest BCUT2D eigenvalue weighted by molar-refractivity contribution is 9.10. The molecule has 0 aliphatic carbocycles. The SMILES string of the molecule is O=C(Cc1cccnc1Br)c1ccccc1. The minimum Gasteiger partial charge on any atom is -0.294 e. The zero-order valence-electron chi connectivity index (χ0n) is 8.56. The summed E-state index contributed by atoms with van der Waals surface area (Å²) in [5, 5.41) is 0. The highest BCUT2D eigenvalue weighted by atomic mass is 79.9. The van der Waals surface area contributed by atoms with Gasteiger partial charge in [0, 0.05) is 18.2 Å². The van der Waals surface area contributed by atoms with Crippen molar-refractivity contribution in [2.75, 3.05) is 0 Å². The molecule has 2 nitrogen and oxygen atoms in total. The summed E-state index contributed by atoms with van der Waals surface area (Å²) in [6, 6.07) is 13.0. The maximum absolute atomic E-state index is 11.9. The molecule has 16 heavy (non-hydrogen) atoms. The number of ketones is 1. The van der Waals surface area contributed by atoms with Gasteiger partial charge in [0.1, 0.15) is 4.60 Å². The molecule has 0 N–H and O–H groups in total. The van der Waals surface area contributed by atoms with E-state index in [4.69, 9.17) is 0 Å². The second-order valence-electron chi connectivity index (χ2n) is 3.42. The van der Waals surface area contributed by atoms with Gasteiger partial charge in [-0.25, -0.2) is 4.98 Å². The van der Waals surface area contributed by atoms with Crippen LogP contribution in [0.15, 0.2) is 53.3 Å². The fourth-order valence-electron chi connectivity index (χ4n) is 1.45. The molecule has 1 heterocycles. The number of nitrogens with zero attached hydrogens (tertiary/aromatic N) is 1. The number of aromatic nitrogens is 1. The van der Waals surface area contributed by atoms with Crippen molar-refractivity contribution in [2.45, 2.75) is 6.42 Å². The molecular weight excluding hydrogens is 266 g/mol. The van der Waals surface area contributed by atoms with Gasteiger partial charge in [0.25, 0.3) is 0 Å². The Balaban J connectivity index is 2.18. The number of carbonyl (C=O) groups excluding carboxylic acids is 1. The van der Waals surface area contributed by atoms with Gasteiger partial charge in [-0.3, -0.25) is 4.79 Å². The summed E-state index contributed by atoms with van der Waals surface area (Å²) in [7, 11) is 0. The highest BCUT2D eigenvalue weighted by Crippen LogP contribution is 2.15. The van der Waals surface area contributed by atoms with Crippen LogP contribution >= 0.6 is 15.9 Å². The molecule has 2 aromatic rings. The average molecular weight is 276 g/mol. The highest BCUT2D eigenvalue weighted by Gasteiger charge is 2.08. The Morgan fingerprint density at radius 1 is 1.12 bits per heavy atom. The fraction of sp³-hybridized carbons (Fsp3) is 0.0769. The van der Waals surface area contributed by atoms with Crippen molar-refractivity contribution in [3.05, 3.63) is 64.4 Å². The van der Waals surface area contributed by atoms with E-state index >= 15 is 0 Å². The van der Waals surface area contributed by atoms with Gasteiger partial charge in [-0.1, -0.05) is 36.4 Å². The van der Waals surface area contributed by atoms with Crippen LogP contribution in [-0.2, 0) is 6.42 Å². The van der Waals surface area contributed by atoms with Crippen LogP contribution in [0.4, 0.5) is 0 Å². The maximum atomic E-state index is 11.9. The van der Waals surface area contributed by atoms with E-state index < -0.39 is 0 Å². The fourth-order valence-corrected chi connectivity index (χ4v) is 1.84. The molecule has 0 fully saturated rings. The van der Waals surface area contributed by atoms with Crippen molar-refractivity contribution in [1.82, 2.24) is 4.98 Å². The van der Waals surface area contributed by atoms with E-state index in [-0.39, 0.29) is 5.78 Å². The van der Waals surface area contributed by atoms with E-state index in [1.165, 1.54) is 0 Å². The zero-order chi connectivity index (χ0) is 11.4. The Hall–Kier alpha value is -1.48. The van der Waals surface area contributed by atoms with Crippen molar-refractivity contribution in [3.8, 4) is 0 Å². The minimum atomic E-state index is 0.106. The third kappa shape index (κ3) is 2.55. The average Bonchev–Trinajstić information content (AvgIpc) is 2.33. The summed E-state index contributed by atoms with van der Waals surface area (Å²) in [5.74, 6) is 0.106. The third-order valence-corrected chi connectivity index (χ3v) is 3.00. The van der Waals surface area contributed by atoms with Crippen LogP contribution in [0.1, 0.15) is 15.9 Å². The van der Waals surface area contributed by atoms with Crippen molar-refractivity contribution in [3.63, 3.8) is 0 Å². The molecule has 0 saturated carbocycles. The topological polar surface area (TPSA) is 30.0 Å². The van der Waals surface area contributed by atoms with Gasteiger partial charge in [-0.2, -0.15) is 0 Å². The Kier molecular flexibility index (Phi) is 3.47. The second kappa shape index (κ2) is 5.03. The molecule has 0 radical (unpaired) electrons. The zero-order valence-corrected chi connectivity index (χ0v) is 10.1. The van der Waals surface area contributed by atoms with Gasteiger partial charge >= 0.3 is 0 Å². The molecular formula is C13H10BrNO. The summed E-state index contributed by atoms with van der Waals surface area (Å²) in [6.07, 6.45) is 2.07. The van der Waals surface area contributed by atoms with Crippen molar-refractivity contribution < 1.29 is 4.79 Å². The lowest BCUT2D eigenvalue weighted by molar-refractivity contribution is 0.0992. The van der Waals surface area contributed by atoms with Crippen LogP contribution in [0, 0.1) is 0 Å². The smallest absolute Gasteiger partial charge is 0.167 e. The molecule has 0 unspecified atom stereocenters. The molecule has 0 aliphatic rings. The Morgan fingerprint density at radius 3 is 2.56 bits per heavy atom. The van der Waals surface area contributed by atoms with E-state index in [0.29, 0.717) is 6.42 Å². The quantitative estimate of drug-likeness (QED) is 0.636. The normalized spacial score (nSPS) is 10.1. The summed E-state index contributed by atoms with van der Waals surface area (Å²) in [4.78, 5) is 16.0. The van der Waals surface area contributed by atoms with Gasteiger partial charge < -0.3 is 0 Å². The summed E-state index contributed by atoms with van der Waals surface area (Å²) < 4.78 is 0.735. The number of benzene rings is 1. The van der Waals surface area contributed by atoms with Crippen LogP contribution in [0.25, 0.3) is 0 Å². The van der Waals surface area contributed by atoms with Crippen molar-refractivity contribution >= 4 is 21.7 Å².